The summed E-state index contributed by atoms with van der Waals surface area (Å²) in [5, 5.41) is 7.61. The molecule has 0 saturated heterocycles. The molecule has 1 heterocycles. The van der Waals surface area contributed by atoms with Crippen LogP contribution in [0.15, 0.2) is 224 Å². The molecule has 0 saturated carbocycles. The van der Waals surface area contributed by atoms with E-state index in [0.29, 0.717) is 0 Å². The number of benzene rings is 10. The van der Waals surface area contributed by atoms with Crippen molar-refractivity contribution in [2.24, 2.45) is 0 Å². The fourth-order valence-corrected chi connectivity index (χ4v) is 9.96. The number of anilines is 3. The summed E-state index contributed by atoms with van der Waals surface area (Å²) in [6, 6.07) is 81.9. The number of fused-ring (bicyclic) bond motifs is 6. The van der Waals surface area contributed by atoms with E-state index in [1.54, 1.807) is 0 Å². The first kappa shape index (κ1) is 34.0. The third-order valence-corrected chi connectivity index (χ3v) is 12.7. The predicted molar refractivity (Wildman–Crippen MR) is 251 cm³/mol. The van der Waals surface area contributed by atoms with Gasteiger partial charge in [0.2, 0.25) is 0 Å². The molecule has 0 radical (unpaired) electrons. The fraction of sp³-hybridized carbons (Fsp3) is 0. The van der Waals surface area contributed by atoms with Gasteiger partial charge in [-0.25, -0.2) is 0 Å². The van der Waals surface area contributed by atoms with Crippen LogP contribution in [-0.2, 0) is 0 Å². The Morgan fingerprint density at radius 2 is 0.776 bits per heavy atom. The Labute approximate surface area is 342 Å². The van der Waals surface area contributed by atoms with Crippen molar-refractivity contribution in [3.8, 4) is 44.5 Å². The molecule has 1 nitrogen and oxygen atoms in total. The van der Waals surface area contributed by atoms with Crippen molar-refractivity contribution in [2.75, 3.05) is 4.90 Å². The van der Waals surface area contributed by atoms with E-state index in [0.717, 1.165) is 17.1 Å². The van der Waals surface area contributed by atoms with Gasteiger partial charge in [-0.15, -0.1) is 11.3 Å². The SMILES string of the molecule is c1ccc(-c2ccc(N(c3ccc(-c4cc5ccccc5c5ccccc45)cc3)c3cc(-c4ccccc4)cc4c3sc3c(-c5ccccc5)cccc34)cc2)cc1. The molecule has 0 fully saturated rings. The van der Waals surface area contributed by atoms with Crippen molar-refractivity contribution >= 4 is 70.1 Å². The van der Waals surface area contributed by atoms with E-state index in [4.69, 9.17) is 0 Å². The summed E-state index contributed by atoms with van der Waals surface area (Å²) < 4.78 is 2.56. The van der Waals surface area contributed by atoms with E-state index in [1.807, 2.05) is 11.3 Å². The molecule has 1 aromatic heterocycles. The smallest absolute Gasteiger partial charge is 0.0646 e. The average Bonchev–Trinajstić information content (AvgIpc) is 3.69. The van der Waals surface area contributed by atoms with E-state index in [-0.39, 0.29) is 0 Å². The molecular weight excluding hydrogens is 719 g/mol. The zero-order chi connectivity index (χ0) is 38.4. The van der Waals surface area contributed by atoms with Crippen molar-refractivity contribution in [3.63, 3.8) is 0 Å². The van der Waals surface area contributed by atoms with E-state index in [2.05, 4.69) is 229 Å². The number of nitrogens with zero attached hydrogens (tertiary/aromatic N) is 1. The molecule has 0 spiro atoms. The molecule has 0 aliphatic rings. The molecule has 2 heteroatoms. The molecule has 10 aromatic carbocycles. The normalized spacial score (nSPS) is 11.4. The molecule has 0 amide bonds. The van der Waals surface area contributed by atoms with Gasteiger partial charge in [-0.05, 0) is 109 Å². The maximum Gasteiger partial charge on any atom is 0.0646 e. The lowest BCUT2D eigenvalue weighted by Gasteiger charge is -2.27. The van der Waals surface area contributed by atoms with E-state index in [1.165, 1.54) is 86.2 Å². The Balaban J connectivity index is 1.14. The first-order valence-electron chi connectivity index (χ1n) is 19.8. The topological polar surface area (TPSA) is 3.24 Å². The third kappa shape index (κ3) is 5.94. The van der Waals surface area contributed by atoms with Crippen LogP contribution in [0.3, 0.4) is 0 Å². The van der Waals surface area contributed by atoms with Crippen LogP contribution >= 0.6 is 11.3 Å². The van der Waals surface area contributed by atoms with Crippen molar-refractivity contribution in [1.29, 1.82) is 0 Å². The molecule has 0 N–H and O–H groups in total. The standard InChI is InChI=1S/C56H37NS/c1-4-15-38(16-5-1)40-27-31-45(32-28-40)57(46-33-29-42(30-34-46)52-35-43-21-10-11-22-47(43)49-23-12-13-24-50(49)52)54-37-44(39-17-6-2-7-18-39)36-53-51-26-14-25-48(55(51)58-56(53)54)41-19-8-3-9-20-41/h1-37H. The van der Waals surface area contributed by atoms with Crippen LogP contribution in [0.1, 0.15) is 0 Å². The zero-order valence-corrected chi connectivity index (χ0v) is 32.5. The number of thiophene rings is 1. The number of rotatable bonds is 7. The van der Waals surface area contributed by atoms with Gasteiger partial charge in [-0.3, -0.25) is 0 Å². The minimum absolute atomic E-state index is 1.11. The quantitative estimate of drug-likeness (QED) is 0.146. The van der Waals surface area contributed by atoms with Gasteiger partial charge >= 0.3 is 0 Å². The first-order valence-corrected chi connectivity index (χ1v) is 20.7. The van der Waals surface area contributed by atoms with Crippen molar-refractivity contribution in [1.82, 2.24) is 0 Å². The largest absolute Gasteiger partial charge is 0.309 e. The molecule has 0 aliphatic carbocycles. The van der Waals surface area contributed by atoms with Gasteiger partial charge in [0.15, 0.2) is 0 Å². The minimum Gasteiger partial charge on any atom is -0.309 e. The van der Waals surface area contributed by atoms with Crippen LogP contribution in [0.25, 0.3) is 86.2 Å². The van der Waals surface area contributed by atoms with Crippen molar-refractivity contribution < 1.29 is 0 Å². The fourth-order valence-electron chi connectivity index (χ4n) is 8.63. The van der Waals surface area contributed by atoms with Crippen LogP contribution in [-0.4, -0.2) is 0 Å². The maximum absolute atomic E-state index is 2.46. The Hall–Kier alpha value is -7.26. The summed E-state index contributed by atoms with van der Waals surface area (Å²) in [7, 11) is 0. The highest BCUT2D eigenvalue weighted by atomic mass is 32.1. The Morgan fingerprint density at radius 3 is 1.45 bits per heavy atom. The van der Waals surface area contributed by atoms with Gasteiger partial charge in [0, 0.05) is 26.8 Å². The summed E-state index contributed by atoms with van der Waals surface area (Å²) in [4.78, 5) is 2.46. The molecule has 0 unspecified atom stereocenters. The highest BCUT2D eigenvalue weighted by Gasteiger charge is 2.22. The first-order chi connectivity index (χ1) is 28.8. The molecule has 0 atom stereocenters. The van der Waals surface area contributed by atoms with Gasteiger partial charge in [0.05, 0.1) is 10.4 Å². The average molecular weight is 756 g/mol. The van der Waals surface area contributed by atoms with E-state index < -0.39 is 0 Å². The Morgan fingerprint density at radius 1 is 0.276 bits per heavy atom. The second kappa shape index (κ2) is 14.4. The predicted octanol–water partition coefficient (Wildman–Crippen LogP) is 16.5. The molecule has 0 bridgehead atoms. The van der Waals surface area contributed by atoms with Crippen LogP contribution in [0.2, 0.25) is 0 Å². The second-order valence-corrected chi connectivity index (χ2v) is 15.9. The minimum atomic E-state index is 1.11. The summed E-state index contributed by atoms with van der Waals surface area (Å²) >= 11 is 1.89. The monoisotopic (exact) mass is 755 g/mol. The Bertz CT molecular complexity index is 3240. The van der Waals surface area contributed by atoms with Gasteiger partial charge in [0.25, 0.3) is 0 Å². The maximum atomic E-state index is 2.46. The van der Waals surface area contributed by atoms with Crippen molar-refractivity contribution in [2.45, 2.75) is 0 Å². The summed E-state index contributed by atoms with van der Waals surface area (Å²) in [5.41, 5.74) is 13.1. The lowest BCUT2D eigenvalue weighted by molar-refractivity contribution is 1.30. The van der Waals surface area contributed by atoms with Crippen molar-refractivity contribution in [3.05, 3.63) is 224 Å². The van der Waals surface area contributed by atoms with Crippen LogP contribution in [0.4, 0.5) is 17.1 Å². The molecule has 11 rings (SSSR count). The highest BCUT2D eigenvalue weighted by Crippen LogP contribution is 2.49. The van der Waals surface area contributed by atoms with E-state index >= 15 is 0 Å². The van der Waals surface area contributed by atoms with Crippen LogP contribution in [0, 0.1) is 0 Å². The molecule has 0 aliphatic heterocycles. The summed E-state index contributed by atoms with van der Waals surface area (Å²) in [5.74, 6) is 0. The lowest BCUT2D eigenvalue weighted by Crippen LogP contribution is -2.10. The lowest BCUT2D eigenvalue weighted by atomic mass is 9.93. The third-order valence-electron chi connectivity index (χ3n) is 11.4. The zero-order valence-electron chi connectivity index (χ0n) is 31.7. The molecule has 58 heavy (non-hydrogen) atoms. The number of hydrogen-bond acceptors (Lipinski definition) is 2. The summed E-state index contributed by atoms with van der Waals surface area (Å²) in [6.45, 7) is 0. The van der Waals surface area contributed by atoms with E-state index in [9.17, 15) is 0 Å². The van der Waals surface area contributed by atoms with Crippen LogP contribution in [0.5, 0.6) is 0 Å². The molecule has 272 valence electrons. The van der Waals surface area contributed by atoms with Crippen LogP contribution < -0.4 is 4.90 Å². The van der Waals surface area contributed by atoms with Gasteiger partial charge in [-0.1, -0.05) is 182 Å². The number of hydrogen-bond donors (Lipinski definition) is 0. The van der Waals surface area contributed by atoms with Gasteiger partial charge in [0.1, 0.15) is 0 Å². The summed E-state index contributed by atoms with van der Waals surface area (Å²) in [6.07, 6.45) is 0. The molecular formula is C56H37NS. The van der Waals surface area contributed by atoms with Gasteiger partial charge in [-0.2, -0.15) is 0 Å². The second-order valence-electron chi connectivity index (χ2n) is 14.9. The highest BCUT2D eigenvalue weighted by molar-refractivity contribution is 7.27. The molecule has 11 aromatic rings. The van der Waals surface area contributed by atoms with Gasteiger partial charge < -0.3 is 4.90 Å². The Kier molecular flexibility index (Phi) is 8.42.